The van der Waals surface area contributed by atoms with E-state index in [1.54, 1.807) is 24.5 Å². The molecule has 23 heavy (non-hydrogen) atoms. The summed E-state index contributed by atoms with van der Waals surface area (Å²) in [4.78, 5) is 0. The highest BCUT2D eigenvalue weighted by molar-refractivity contribution is 8.12. The van der Waals surface area contributed by atoms with Crippen LogP contribution in [0.3, 0.4) is 0 Å². The molecule has 1 aliphatic heterocycles. The van der Waals surface area contributed by atoms with Crippen LogP contribution in [0.25, 0.3) is 24.1 Å². The molecule has 0 saturated heterocycles. The number of thioether (sulfide) groups is 1. The minimum Gasteiger partial charge on any atom is -0.465 e. The normalized spacial score (nSPS) is 16.1. The third-order valence-corrected chi connectivity index (χ3v) is 3.76. The Morgan fingerprint density at radius 3 is 2.91 bits per heavy atom. The van der Waals surface area contributed by atoms with E-state index in [1.807, 2.05) is 0 Å². The van der Waals surface area contributed by atoms with E-state index in [1.165, 1.54) is 18.0 Å². The Kier molecular flexibility index (Phi) is 3.39. The maximum atomic E-state index is 5.60. The van der Waals surface area contributed by atoms with Gasteiger partial charge in [0.2, 0.25) is 11.8 Å². The van der Waals surface area contributed by atoms with Gasteiger partial charge >= 0.3 is 0 Å². The van der Waals surface area contributed by atoms with Crippen LogP contribution in [0.5, 0.6) is 0 Å². The molecule has 8 nitrogen and oxygen atoms in total. The summed E-state index contributed by atoms with van der Waals surface area (Å²) in [7, 11) is 0. The van der Waals surface area contributed by atoms with E-state index < -0.39 is 0 Å². The van der Waals surface area contributed by atoms with Crippen molar-refractivity contribution in [2.75, 3.05) is 0 Å². The summed E-state index contributed by atoms with van der Waals surface area (Å²) in [6, 6.07) is 5.26. The van der Waals surface area contributed by atoms with Crippen molar-refractivity contribution in [1.29, 1.82) is 0 Å². The number of hydrogen-bond acceptors (Lipinski definition) is 9. The molecule has 0 aromatic carbocycles. The molecule has 9 heteroatoms. The first kappa shape index (κ1) is 13.7. The van der Waals surface area contributed by atoms with Crippen molar-refractivity contribution in [2.24, 2.45) is 5.10 Å². The summed E-state index contributed by atoms with van der Waals surface area (Å²) in [6.07, 6.45) is 3.08. The van der Waals surface area contributed by atoms with Crippen molar-refractivity contribution < 1.29 is 18.0 Å². The van der Waals surface area contributed by atoms with Crippen LogP contribution in [0, 0.1) is 0 Å². The van der Waals surface area contributed by atoms with Gasteiger partial charge in [0.05, 0.1) is 23.5 Å². The van der Waals surface area contributed by atoms with Gasteiger partial charge in [-0.15, -0.1) is 15.3 Å². The van der Waals surface area contributed by atoms with E-state index >= 15 is 0 Å². The molecule has 0 spiro atoms. The molecular weight excluding hydrogens is 320 g/mol. The lowest BCUT2D eigenvalue weighted by Crippen LogP contribution is -2.25. The predicted octanol–water partition coefficient (Wildman–Crippen LogP) is 1.22. The van der Waals surface area contributed by atoms with Gasteiger partial charge in [0.1, 0.15) is 5.42 Å². The Balaban J connectivity index is 1.41. The highest BCUT2D eigenvalue weighted by Crippen LogP contribution is 2.22. The molecule has 0 amide bonds. The molecule has 0 saturated carbocycles. The second-order valence-corrected chi connectivity index (χ2v) is 5.37. The average Bonchev–Trinajstić information content (AvgIpc) is 3.32. The highest BCUT2D eigenvalue weighted by atomic mass is 32.2. The van der Waals surface area contributed by atoms with E-state index in [0.29, 0.717) is 39.8 Å². The van der Waals surface area contributed by atoms with Gasteiger partial charge in [0, 0.05) is 0 Å². The fourth-order valence-electron chi connectivity index (χ4n) is 1.88. The largest absolute Gasteiger partial charge is 0.465 e. The SMILES string of the molecule is C=c1occc1=C1NN=C(SCc2nnc(-c3ccco3)o2)O1. The number of nitrogens with one attached hydrogen (secondary N) is 1. The number of nitrogens with zero attached hydrogens (tertiary/aromatic N) is 3. The van der Waals surface area contributed by atoms with Gasteiger partial charge in [-0.1, -0.05) is 18.3 Å². The maximum absolute atomic E-state index is 5.60. The van der Waals surface area contributed by atoms with Gasteiger partial charge in [0.15, 0.2) is 5.76 Å². The topological polar surface area (TPSA) is 98.8 Å². The molecule has 3 aromatic rings. The number of rotatable bonds is 3. The molecule has 0 atom stereocenters. The minimum atomic E-state index is 0.338. The third-order valence-electron chi connectivity index (χ3n) is 2.95. The van der Waals surface area contributed by atoms with Crippen LogP contribution in [0.4, 0.5) is 0 Å². The zero-order chi connectivity index (χ0) is 15.6. The molecule has 1 aliphatic rings. The van der Waals surface area contributed by atoms with Crippen LogP contribution in [-0.2, 0) is 10.5 Å². The number of furan rings is 2. The van der Waals surface area contributed by atoms with Crippen molar-refractivity contribution in [3.63, 3.8) is 0 Å². The minimum absolute atomic E-state index is 0.338. The van der Waals surface area contributed by atoms with Crippen LogP contribution in [0.1, 0.15) is 5.89 Å². The highest BCUT2D eigenvalue weighted by Gasteiger charge is 2.18. The Labute approximate surface area is 133 Å². The van der Waals surface area contributed by atoms with E-state index in [4.69, 9.17) is 18.0 Å². The van der Waals surface area contributed by atoms with Crippen molar-refractivity contribution in [1.82, 2.24) is 15.6 Å². The van der Waals surface area contributed by atoms with E-state index in [0.717, 1.165) is 5.22 Å². The summed E-state index contributed by atoms with van der Waals surface area (Å²) >= 11 is 1.32. The number of ether oxygens (including phenoxy) is 1. The lowest BCUT2D eigenvalue weighted by atomic mass is 10.4. The van der Waals surface area contributed by atoms with E-state index in [9.17, 15) is 0 Å². The lowest BCUT2D eigenvalue weighted by Gasteiger charge is -1.97. The van der Waals surface area contributed by atoms with Gasteiger partial charge in [-0.25, -0.2) is 5.43 Å². The van der Waals surface area contributed by atoms with Gasteiger partial charge < -0.3 is 18.0 Å². The maximum Gasteiger partial charge on any atom is 0.283 e. The molecule has 4 rings (SSSR count). The standard InChI is InChI=1S/C14H10N4O4S/c1-8-9(4-6-19-8)12-16-18-14(22-12)23-7-11-15-17-13(21-11)10-3-2-5-20-10/h2-6,16H,1,7H2. The van der Waals surface area contributed by atoms with Crippen molar-refractivity contribution >= 4 is 29.5 Å². The summed E-state index contributed by atoms with van der Waals surface area (Å²) in [5, 5.41) is 13.1. The molecule has 0 aliphatic carbocycles. The van der Waals surface area contributed by atoms with E-state index in [-0.39, 0.29) is 0 Å². The lowest BCUT2D eigenvalue weighted by molar-refractivity contribution is 0.493. The summed E-state index contributed by atoms with van der Waals surface area (Å²) in [6.45, 7) is 3.76. The second kappa shape index (κ2) is 5.69. The first-order valence-corrected chi connectivity index (χ1v) is 7.55. The van der Waals surface area contributed by atoms with Crippen LogP contribution >= 0.6 is 11.8 Å². The van der Waals surface area contributed by atoms with Crippen LogP contribution in [0.15, 0.2) is 49.1 Å². The second-order valence-electron chi connectivity index (χ2n) is 4.45. The third kappa shape index (κ3) is 2.73. The Bertz CT molecular complexity index is 957. The monoisotopic (exact) mass is 330 g/mol. The number of hydrazone groups is 1. The quantitative estimate of drug-likeness (QED) is 0.765. The van der Waals surface area contributed by atoms with Gasteiger partial charge in [0.25, 0.3) is 11.1 Å². The van der Waals surface area contributed by atoms with Crippen molar-refractivity contribution in [3.8, 4) is 11.7 Å². The molecule has 116 valence electrons. The Hall–Kier alpha value is -2.94. The zero-order valence-electron chi connectivity index (χ0n) is 11.7. The van der Waals surface area contributed by atoms with Crippen molar-refractivity contribution in [2.45, 2.75) is 5.75 Å². The molecule has 0 radical (unpaired) electrons. The molecule has 1 N–H and O–H groups in total. The number of hydrogen-bond donors (Lipinski definition) is 1. The fraction of sp³-hybridized carbons (Fsp3) is 0.0714. The Morgan fingerprint density at radius 1 is 1.17 bits per heavy atom. The first-order valence-electron chi connectivity index (χ1n) is 6.57. The van der Waals surface area contributed by atoms with Gasteiger partial charge in [-0.3, -0.25) is 0 Å². The summed E-state index contributed by atoms with van der Waals surface area (Å²) in [5.41, 5.74) is 3.30. The molecule has 0 fully saturated rings. The van der Waals surface area contributed by atoms with Crippen LogP contribution in [0.2, 0.25) is 0 Å². The summed E-state index contributed by atoms with van der Waals surface area (Å²) < 4.78 is 21.4. The molecule has 3 aromatic heterocycles. The van der Waals surface area contributed by atoms with Crippen LogP contribution < -0.4 is 16.1 Å². The fourth-order valence-corrected chi connectivity index (χ4v) is 2.50. The first-order chi connectivity index (χ1) is 11.3. The van der Waals surface area contributed by atoms with Gasteiger partial charge in [-0.05, 0) is 18.2 Å². The molecule has 0 unspecified atom stereocenters. The zero-order valence-corrected chi connectivity index (χ0v) is 12.5. The van der Waals surface area contributed by atoms with Gasteiger partial charge in [-0.2, -0.15) is 0 Å². The average molecular weight is 330 g/mol. The molecule has 0 bridgehead atoms. The van der Waals surface area contributed by atoms with E-state index in [2.05, 4.69) is 27.3 Å². The van der Waals surface area contributed by atoms with Crippen LogP contribution in [-0.4, -0.2) is 15.4 Å². The summed E-state index contributed by atoms with van der Waals surface area (Å²) in [5.74, 6) is 2.22. The Morgan fingerprint density at radius 2 is 2.13 bits per heavy atom. The number of aromatic nitrogens is 2. The molecule has 4 heterocycles. The van der Waals surface area contributed by atoms with Crippen molar-refractivity contribution in [3.05, 3.63) is 47.3 Å². The predicted molar refractivity (Wildman–Crippen MR) is 81.8 cm³/mol. The molecular formula is C14H10N4O4S. The smallest absolute Gasteiger partial charge is 0.283 e.